The molecular weight excluding hydrogens is 372 g/mol. The fraction of sp³-hybridized carbons (Fsp3) is 0.778. The van der Waals surface area contributed by atoms with Crippen LogP contribution >= 0.6 is 0 Å². The third-order valence-electron chi connectivity index (χ3n) is 8.57. The Bertz CT molecular complexity index is 676. The number of fused-ring (bicyclic) bond motifs is 1. The Morgan fingerprint density at radius 1 is 1.13 bits per heavy atom. The monoisotopic (exact) mass is 416 g/mol. The van der Waals surface area contributed by atoms with Crippen LogP contribution in [0.1, 0.15) is 98.3 Å². The molecule has 0 spiro atoms. The van der Waals surface area contributed by atoms with Crippen molar-refractivity contribution in [3.63, 3.8) is 0 Å². The fourth-order valence-corrected chi connectivity index (χ4v) is 6.74. The molecule has 3 saturated carbocycles. The lowest BCUT2D eigenvalue weighted by atomic mass is 9.60. The molecule has 3 heteroatoms. The molecule has 3 rings (SSSR count). The SMILES string of the molecule is C=C1CCC(O)(OO)C/C1=C/C=C1\CCCC2(C)C1CCC2C(C)CCCC(C)C. The molecule has 0 saturated heterocycles. The van der Waals surface area contributed by atoms with Gasteiger partial charge in [-0.05, 0) is 73.2 Å². The van der Waals surface area contributed by atoms with Crippen molar-refractivity contribution in [1.82, 2.24) is 0 Å². The summed E-state index contributed by atoms with van der Waals surface area (Å²) in [6, 6.07) is 0. The molecule has 0 heterocycles. The highest BCUT2D eigenvalue weighted by molar-refractivity contribution is 5.37. The quantitative estimate of drug-likeness (QED) is 0.258. The maximum absolute atomic E-state index is 10.3. The van der Waals surface area contributed by atoms with Gasteiger partial charge in [0, 0.05) is 12.8 Å². The van der Waals surface area contributed by atoms with Crippen molar-refractivity contribution in [2.24, 2.45) is 29.1 Å². The largest absolute Gasteiger partial charge is 0.363 e. The minimum absolute atomic E-state index is 0.309. The Morgan fingerprint density at radius 2 is 1.90 bits per heavy atom. The van der Waals surface area contributed by atoms with Crippen LogP contribution in [0.15, 0.2) is 35.5 Å². The van der Waals surface area contributed by atoms with Crippen molar-refractivity contribution >= 4 is 0 Å². The highest BCUT2D eigenvalue weighted by Gasteiger charge is 2.50. The molecule has 0 aliphatic heterocycles. The Kier molecular flexibility index (Phi) is 7.69. The summed E-state index contributed by atoms with van der Waals surface area (Å²) < 4.78 is 0. The molecule has 3 aliphatic carbocycles. The van der Waals surface area contributed by atoms with Gasteiger partial charge in [0.05, 0.1) is 0 Å². The molecule has 30 heavy (non-hydrogen) atoms. The van der Waals surface area contributed by atoms with Gasteiger partial charge in [0.2, 0.25) is 5.79 Å². The van der Waals surface area contributed by atoms with Gasteiger partial charge in [0.25, 0.3) is 0 Å². The molecule has 3 fully saturated rings. The van der Waals surface area contributed by atoms with Gasteiger partial charge >= 0.3 is 0 Å². The van der Waals surface area contributed by atoms with E-state index in [-0.39, 0.29) is 0 Å². The number of aliphatic hydroxyl groups is 1. The zero-order chi connectivity index (χ0) is 21.9. The van der Waals surface area contributed by atoms with Crippen molar-refractivity contribution in [2.75, 3.05) is 0 Å². The third-order valence-corrected chi connectivity index (χ3v) is 8.57. The maximum Gasteiger partial charge on any atom is 0.203 e. The van der Waals surface area contributed by atoms with E-state index >= 15 is 0 Å². The smallest absolute Gasteiger partial charge is 0.203 e. The lowest BCUT2D eigenvalue weighted by Crippen LogP contribution is -2.36. The Balaban J connectivity index is 1.72. The van der Waals surface area contributed by atoms with Crippen molar-refractivity contribution < 1.29 is 15.3 Å². The van der Waals surface area contributed by atoms with Crippen LogP contribution in [0, 0.1) is 29.1 Å². The summed E-state index contributed by atoms with van der Waals surface area (Å²) in [7, 11) is 0. The maximum atomic E-state index is 10.3. The Morgan fingerprint density at radius 3 is 2.60 bits per heavy atom. The Hall–Kier alpha value is -0.900. The molecule has 0 aromatic heterocycles. The molecule has 3 aliphatic rings. The molecule has 0 aromatic rings. The zero-order valence-corrected chi connectivity index (χ0v) is 19.8. The zero-order valence-electron chi connectivity index (χ0n) is 19.8. The highest BCUT2D eigenvalue weighted by Crippen LogP contribution is 2.60. The summed E-state index contributed by atoms with van der Waals surface area (Å²) in [5.74, 6) is 1.68. The molecule has 0 bridgehead atoms. The summed E-state index contributed by atoms with van der Waals surface area (Å²) in [5, 5.41) is 19.4. The van der Waals surface area contributed by atoms with E-state index in [9.17, 15) is 5.11 Å². The molecule has 170 valence electrons. The van der Waals surface area contributed by atoms with Gasteiger partial charge in [0.15, 0.2) is 0 Å². The van der Waals surface area contributed by atoms with Gasteiger partial charge in [-0.15, -0.1) is 0 Å². The molecule has 3 nitrogen and oxygen atoms in total. The topological polar surface area (TPSA) is 49.7 Å². The fourth-order valence-electron chi connectivity index (χ4n) is 6.74. The lowest BCUT2D eigenvalue weighted by molar-refractivity contribution is -0.394. The minimum atomic E-state index is -1.46. The van der Waals surface area contributed by atoms with Gasteiger partial charge < -0.3 is 5.11 Å². The van der Waals surface area contributed by atoms with E-state index in [2.05, 4.69) is 51.3 Å². The number of rotatable bonds is 7. The van der Waals surface area contributed by atoms with Gasteiger partial charge in [-0.25, -0.2) is 10.1 Å². The molecule has 5 unspecified atom stereocenters. The first-order valence-electron chi connectivity index (χ1n) is 12.3. The number of allylic oxidation sites excluding steroid dienone is 4. The normalized spacial score (nSPS) is 38.4. The van der Waals surface area contributed by atoms with Gasteiger partial charge in [0.1, 0.15) is 0 Å². The average Bonchev–Trinajstić information content (AvgIpc) is 3.06. The summed E-state index contributed by atoms with van der Waals surface area (Å²) in [6.45, 7) is 13.9. The second kappa shape index (κ2) is 9.71. The van der Waals surface area contributed by atoms with Crippen molar-refractivity contribution in [3.05, 3.63) is 35.5 Å². The van der Waals surface area contributed by atoms with E-state index in [1.807, 2.05) is 0 Å². The summed E-state index contributed by atoms with van der Waals surface area (Å²) in [5.41, 5.74) is 4.07. The van der Waals surface area contributed by atoms with Crippen LogP contribution in [0.3, 0.4) is 0 Å². The molecule has 0 aromatic carbocycles. The molecule has 2 N–H and O–H groups in total. The minimum Gasteiger partial charge on any atom is -0.363 e. The van der Waals surface area contributed by atoms with Gasteiger partial charge in [-0.2, -0.15) is 0 Å². The van der Waals surface area contributed by atoms with Crippen LogP contribution in [0.4, 0.5) is 0 Å². The van der Waals surface area contributed by atoms with E-state index in [4.69, 9.17) is 5.26 Å². The third kappa shape index (κ3) is 5.11. The lowest BCUT2D eigenvalue weighted by Gasteiger charge is -2.44. The van der Waals surface area contributed by atoms with Crippen molar-refractivity contribution in [2.45, 2.75) is 104 Å². The van der Waals surface area contributed by atoms with E-state index in [0.29, 0.717) is 30.6 Å². The predicted molar refractivity (Wildman–Crippen MR) is 124 cm³/mol. The van der Waals surface area contributed by atoms with Crippen LogP contribution in [0.25, 0.3) is 0 Å². The first-order valence-corrected chi connectivity index (χ1v) is 12.3. The van der Waals surface area contributed by atoms with Crippen molar-refractivity contribution in [3.8, 4) is 0 Å². The standard InChI is InChI=1S/C27H44O3/c1-19(2)8-6-9-21(4)24-13-14-25-22(10-7-16-26(24,25)5)11-12-23-18-27(28,30-29)17-15-20(23)3/h11-12,19,21,24-25,28-29H,3,6-10,13-18H2,1-2,4-5H3/b22-11+,23-12-. The van der Waals surface area contributed by atoms with Crippen LogP contribution in [-0.2, 0) is 4.89 Å². The summed E-state index contributed by atoms with van der Waals surface area (Å²) in [4.78, 5) is 4.37. The Labute approximate surface area is 184 Å². The summed E-state index contributed by atoms with van der Waals surface area (Å²) in [6.07, 6.45) is 16.4. The van der Waals surface area contributed by atoms with E-state index < -0.39 is 5.79 Å². The van der Waals surface area contributed by atoms with Crippen molar-refractivity contribution in [1.29, 1.82) is 0 Å². The summed E-state index contributed by atoms with van der Waals surface area (Å²) >= 11 is 0. The highest BCUT2D eigenvalue weighted by atomic mass is 17.1. The van der Waals surface area contributed by atoms with Gasteiger partial charge in [-0.1, -0.05) is 76.8 Å². The first kappa shape index (κ1) is 23.8. The number of hydrogen-bond donors (Lipinski definition) is 2. The van der Waals surface area contributed by atoms with Crippen LogP contribution in [0.2, 0.25) is 0 Å². The second-order valence-electron chi connectivity index (χ2n) is 11.1. The van der Waals surface area contributed by atoms with E-state index in [0.717, 1.165) is 28.9 Å². The van der Waals surface area contributed by atoms with Gasteiger partial charge in [-0.3, -0.25) is 0 Å². The van der Waals surface area contributed by atoms with E-state index in [1.165, 1.54) is 51.4 Å². The molecule has 0 amide bonds. The number of hydrogen-bond acceptors (Lipinski definition) is 3. The predicted octanol–water partition coefficient (Wildman–Crippen LogP) is 7.44. The second-order valence-corrected chi connectivity index (χ2v) is 11.1. The van der Waals surface area contributed by atoms with Crippen LogP contribution in [0.5, 0.6) is 0 Å². The van der Waals surface area contributed by atoms with E-state index in [1.54, 1.807) is 5.57 Å². The average molecular weight is 417 g/mol. The molecule has 5 atom stereocenters. The van der Waals surface area contributed by atoms with Crippen LogP contribution in [-0.4, -0.2) is 16.2 Å². The first-order chi connectivity index (χ1) is 14.2. The molecular formula is C27H44O3. The van der Waals surface area contributed by atoms with Crippen LogP contribution < -0.4 is 0 Å². The molecule has 0 radical (unpaired) electrons.